The first-order valence-electron chi connectivity index (χ1n) is 5.36. The Bertz CT molecular complexity index is 615. The van der Waals surface area contributed by atoms with E-state index in [9.17, 15) is 4.79 Å². The van der Waals surface area contributed by atoms with Gasteiger partial charge in [0, 0.05) is 6.20 Å². The lowest BCUT2D eigenvalue weighted by molar-refractivity contribution is 0.0600. The Labute approximate surface area is 118 Å². The second-order valence-corrected chi connectivity index (χ2v) is 3.62. The van der Waals surface area contributed by atoms with Crippen molar-refractivity contribution >= 4 is 18.4 Å². The number of nitrogens with zero attached hydrogens (tertiary/aromatic N) is 1. The Balaban J connectivity index is 0.000000214. The maximum absolute atomic E-state index is 11.0. The van der Waals surface area contributed by atoms with Crippen LogP contribution in [0.5, 0.6) is 0 Å². The van der Waals surface area contributed by atoms with E-state index in [1.54, 1.807) is 12.1 Å². The van der Waals surface area contributed by atoms with Crippen molar-refractivity contribution in [3.8, 4) is 23.5 Å². The molecule has 0 atom stereocenters. The molecule has 0 N–H and O–H groups in total. The molecule has 4 heteroatoms. The molecule has 0 amide bonds. The summed E-state index contributed by atoms with van der Waals surface area (Å²) in [7, 11) is 1.30. The summed E-state index contributed by atoms with van der Waals surface area (Å²) < 4.78 is 4.50. The highest BCUT2D eigenvalue weighted by atomic mass is 35.5. The van der Waals surface area contributed by atoms with Gasteiger partial charge in [0.1, 0.15) is 5.69 Å². The predicted octanol–water partition coefficient (Wildman–Crippen LogP) is 2.94. The van der Waals surface area contributed by atoms with Crippen molar-refractivity contribution in [3.63, 3.8) is 0 Å². The molecule has 0 bridgehead atoms. The summed E-state index contributed by atoms with van der Waals surface area (Å²) in [5.74, 6) is 1.84. The minimum atomic E-state index is -0.462. The summed E-state index contributed by atoms with van der Waals surface area (Å²) in [4.78, 5) is 14.9. The van der Waals surface area contributed by atoms with E-state index in [-0.39, 0.29) is 12.4 Å². The number of terminal acetylenes is 1. The van der Waals surface area contributed by atoms with Crippen LogP contribution in [0.25, 0.3) is 11.1 Å². The molecule has 0 aromatic carbocycles. The minimum absolute atomic E-state index is 0. The molecule has 0 saturated heterocycles. The normalized spacial score (nSPS) is 9.05. The average molecular weight is 274 g/mol. The summed E-state index contributed by atoms with van der Waals surface area (Å²) in [6, 6.07) is 11.7. The molecule has 1 heterocycles. The second kappa shape index (κ2) is 6.58. The van der Waals surface area contributed by atoms with Crippen molar-refractivity contribution in [2.45, 2.75) is 0 Å². The van der Waals surface area contributed by atoms with Crippen molar-refractivity contribution in [1.82, 2.24) is 4.98 Å². The number of carbonyl (C=O) groups excluding carboxylic acids is 1. The van der Waals surface area contributed by atoms with Gasteiger partial charge in [-0.25, -0.2) is 9.78 Å². The first-order valence-corrected chi connectivity index (χ1v) is 5.36. The van der Waals surface area contributed by atoms with E-state index < -0.39 is 5.97 Å². The smallest absolute Gasteiger partial charge is 0.340 e. The van der Waals surface area contributed by atoms with E-state index >= 15 is 0 Å². The third-order valence-corrected chi connectivity index (χ3v) is 2.46. The van der Waals surface area contributed by atoms with Crippen LogP contribution in [0.4, 0.5) is 0 Å². The number of fused-ring (bicyclic) bond motifs is 1. The second-order valence-electron chi connectivity index (χ2n) is 3.62. The Kier molecular flexibility index (Phi) is 5.11. The standard InChI is InChI=1S/C9H7NO2.C6H4.ClH/c1-3-8-7(9(11)12-2)5-4-6-10-8;1-2-5-4-6(5)3-1;/h1,4-6H,2H3;1-4H;1H. The highest BCUT2D eigenvalue weighted by molar-refractivity contribution is 5.91. The van der Waals surface area contributed by atoms with E-state index in [0.29, 0.717) is 11.3 Å². The zero-order chi connectivity index (χ0) is 13.0. The number of carbonyl (C=O) groups is 1. The number of hydrogen-bond acceptors (Lipinski definition) is 3. The van der Waals surface area contributed by atoms with Gasteiger partial charge in [-0.15, -0.1) is 18.8 Å². The quantitative estimate of drug-likeness (QED) is 0.505. The Hall–Kier alpha value is -2.31. The molecule has 3 rings (SSSR count). The van der Waals surface area contributed by atoms with Crippen LogP contribution in [-0.2, 0) is 4.74 Å². The van der Waals surface area contributed by atoms with Crippen LogP contribution in [0.15, 0.2) is 42.6 Å². The van der Waals surface area contributed by atoms with Gasteiger partial charge in [0.15, 0.2) is 0 Å². The predicted molar refractivity (Wildman–Crippen MR) is 76.2 cm³/mol. The number of rotatable bonds is 1. The fourth-order valence-electron chi connectivity index (χ4n) is 1.47. The van der Waals surface area contributed by atoms with Gasteiger partial charge >= 0.3 is 5.97 Å². The molecule has 0 aliphatic heterocycles. The Morgan fingerprint density at radius 1 is 1.26 bits per heavy atom. The van der Waals surface area contributed by atoms with Crippen LogP contribution in [0.3, 0.4) is 0 Å². The molecule has 0 fully saturated rings. The Morgan fingerprint density at radius 2 is 1.95 bits per heavy atom. The van der Waals surface area contributed by atoms with Crippen molar-refractivity contribution in [2.75, 3.05) is 7.11 Å². The van der Waals surface area contributed by atoms with Gasteiger partial charge in [0.2, 0.25) is 0 Å². The van der Waals surface area contributed by atoms with Gasteiger partial charge < -0.3 is 4.74 Å². The maximum Gasteiger partial charge on any atom is 0.340 e. The summed E-state index contributed by atoms with van der Waals surface area (Å²) >= 11 is 0. The van der Waals surface area contributed by atoms with E-state index in [1.165, 1.54) is 24.4 Å². The van der Waals surface area contributed by atoms with E-state index in [1.807, 2.05) is 0 Å². The van der Waals surface area contributed by atoms with Crippen LogP contribution in [0, 0.1) is 12.3 Å². The van der Waals surface area contributed by atoms with Gasteiger partial charge in [0.05, 0.1) is 12.7 Å². The number of methoxy groups -OCH3 is 1. The molecule has 19 heavy (non-hydrogen) atoms. The lowest BCUT2D eigenvalue weighted by Gasteiger charge is -1.99. The molecule has 3 nitrogen and oxygen atoms in total. The van der Waals surface area contributed by atoms with E-state index in [4.69, 9.17) is 6.42 Å². The molecular formula is C15H12ClNO2. The van der Waals surface area contributed by atoms with Crippen molar-refractivity contribution in [2.24, 2.45) is 0 Å². The molecule has 0 unspecified atom stereocenters. The van der Waals surface area contributed by atoms with Crippen LogP contribution in [0.2, 0.25) is 0 Å². The number of ether oxygens (including phenoxy) is 1. The van der Waals surface area contributed by atoms with Gasteiger partial charge in [-0.3, -0.25) is 0 Å². The molecule has 1 aromatic heterocycles. The third-order valence-electron chi connectivity index (χ3n) is 2.46. The van der Waals surface area contributed by atoms with Crippen LogP contribution >= 0.6 is 12.4 Å². The maximum atomic E-state index is 11.0. The molecule has 0 radical (unpaired) electrons. The van der Waals surface area contributed by atoms with Gasteiger partial charge in [-0.05, 0) is 35.2 Å². The fourth-order valence-corrected chi connectivity index (χ4v) is 1.47. The zero-order valence-corrected chi connectivity index (χ0v) is 11.1. The monoisotopic (exact) mass is 273 g/mol. The number of benzene rings is 1. The molecular weight excluding hydrogens is 262 g/mol. The van der Waals surface area contributed by atoms with Crippen LogP contribution in [0.1, 0.15) is 16.1 Å². The van der Waals surface area contributed by atoms with E-state index in [0.717, 1.165) is 0 Å². The van der Waals surface area contributed by atoms with E-state index in [2.05, 4.69) is 39.9 Å². The first-order chi connectivity index (χ1) is 8.76. The lowest BCUT2D eigenvalue weighted by atomic mass is 10.2. The zero-order valence-electron chi connectivity index (χ0n) is 10.3. The first kappa shape index (κ1) is 14.7. The van der Waals surface area contributed by atoms with Crippen molar-refractivity contribution in [1.29, 1.82) is 0 Å². The molecule has 0 saturated carbocycles. The number of halogens is 1. The SMILES string of the molecule is C#Cc1ncccc1C(=O)OC.Cl.c1cc2cc-2c1. The van der Waals surface area contributed by atoms with Crippen molar-refractivity contribution in [3.05, 3.63) is 53.9 Å². The molecule has 2 aliphatic rings. The molecule has 2 aliphatic carbocycles. The fraction of sp³-hybridized carbons (Fsp3) is 0.0667. The highest BCUT2D eigenvalue weighted by Crippen LogP contribution is 2.32. The van der Waals surface area contributed by atoms with Crippen LogP contribution < -0.4 is 0 Å². The topological polar surface area (TPSA) is 39.2 Å². The highest BCUT2D eigenvalue weighted by Gasteiger charge is 2.09. The molecule has 1 aromatic rings. The molecule has 96 valence electrons. The number of hydrogen-bond donors (Lipinski definition) is 0. The van der Waals surface area contributed by atoms with Crippen molar-refractivity contribution < 1.29 is 9.53 Å². The average Bonchev–Trinajstić information content (AvgIpc) is 3.04. The summed E-state index contributed by atoms with van der Waals surface area (Å²) in [6.07, 6.45) is 6.65. The largest absolute Gasteiger partial charge is 0.465 e. The summed E-state index contributed by atoms with van der Waals surface area (Å²) in [6.45, 7) is 0. The summed E-state index contributed by atoms with van der Waals surface area (Å²) in [5, 5.41) is 0. The van der Waals surface area contributed by atoms with Gasteiger partial charge in [-0.1, -0.05) is 18.2 Å². The lowest BCUT2D eigenvalue weighted by Crippen LogP contribution is -2.04. The van der Waals surface area contributed by atoms with Gasteiger partial charge in [-0.2, -0.15) is 0 Å². The Morgan fingerprint density at radius 3 is 2.37 bits per heavy atom. The number of aromatic nitrogens is 1. The van der Waals surface area contributed by atoms with Gasteiger partial charge in [0.25, 0.3) is 0 Å². The third kappa shape index (κ3) is 3.57. The minimum Gasteiger partial charge on any atom is -0.465 e. The number of esters is 1. The number of pyridine rings is 1. The summed E-state index contributed by atoms with van der Waals surface area (Å²) in [5.41, 5.74) is 3.48. The van der Waals surface area contributed by atoms with Crippen LogP contribution in [-0.4, -0.2) is 18.1 Å². The molecule has 0 spiro atoms.